The molecule has 0 spiro atoms. The molecule has 1 aliphatic heterocycles. The Morgan fingerprint density at radius 3 is 2.38 bits per heavy atom. The number of ether oxygens (including phenoxy) is 1. The Balaban J connectivity index is 0.000000316. The molecule has 0 amide bonds. The smallest absolute Gasteiger partial charge is 0.335 e. The maximum atomic E-state index is 12.9. The van der Waals surface area contributed by atoms with E-state index in [1.807, 2.05) is 13.1 Å². The minimum absolute atomic E-state index is 0.0405. The summed E-state index contributed by atoms with van der Waals surface area (Å²) in [6.45, 7) is -0.0957. The monoisotopic (exact) mass is 611 g/mol. The summed E-state index contributed by atoms with van der Waals surface area (Å²) >= 11 is 6.31. The van der Waals surface area contributed by atoms with E-state index in [1.165, 1.54) is 19.2 Å². The number of likely N-dealkylation sites (tertiary alicyclic amines) is 1. The molecule has 3 aromatic rings. The van der Waals surface area contributed by atoms with Gasteiger partial charge in [-0.3, -0.25) is 4.79 Å². The van der Waals surface area contributed by atoms with Crippen LogP contribution < -0.4 is 10.2 Å². The molecule has 0 radical (unpaired) electrons. The van der Waals surface area contributed by atoms with E-state index in [1.54, 1.807) is 18.2 Å². The first-order chi connectivity index (χ1) is 19.9. The van der Waals surface area contributed by atoms with Gasteiger partial charge in [-0.25, -0.2) is 4.79 Å². The van der Waals surface area contributed by atoms with Crippen LogP contribution >= 0.6 is 11.6 Å². The minimum Gasteiger partial charge on any atom is -0.507 e. The number of hydrogen-bond acceptors (Lipinski definition) is 12. The molecule has 0 saturated carbocycles. The molecule has 8 N–H and O–H groups in total. The first-order valence-electron chi connectivity index (χ1n) is 12.9. The Morgan fingerprint density at radius 2 is 1.81 bits per heavy atom. The third kappa shape index (κ3) is 6.85. The first-order valence-corrected chi connectivity index (χ1v) is 13.2. The highest BCUT2D eigenvalue weighted by atomic mass is 35.5. The second-order valence-electron chi connectivity index (χ2n) is 9.81. The molecule has 2 aromatic carbocycles. The summed E-state index contributed by atoms with van der Waals surface area (Å²) in [5.74, 6) is -1.31. The topological polar surface area (TPSA) is 222 Å². The second-order valence-corrected chi connectivity index (χ2v) is 10.2. The number of carbonyl (C=O) groups is 1. The number of halogens is 1. The van der Waals surface area contributed by atoms with Crippen LogP contribution in [0.15, 0.2) is 45.6 Å². The number of nitrogens with zero attached hydrogens (tertiary/aromatic N) is 1. The molecule has 42 heavy (non-hydrogen) atoms. The summed E-state index contributed by atoms with van der Waals surface area (Å²) in [5.41, 5.74) is 1.16. The number of aliphatic hydroxyl groups excluding tert-OH is 6. The zero-order valence-electron chi connectivity index (χ0n) is 22.8. The number of carboxylic acids is 1. The van der Waals surface area contributed by atoms with Crippen molar-refractivity contribution in [1.82, 2.24) is 4.90 Å². The molecule has 2 unspecified atom stereocenters. The normalized spacial score (nSPS) is 19.9. The quantitative estimate of drug-likeness (QED) is 0.161. The molecule has 14 heteroatoms. The Morgan fingerprint density at radius 1 is 1.14 bits per heavy atom. The van der Waals surface area contributed by atoms with Crippen LogP contribution in [0.25, 0.3) is 22.3 Å². The summed E-state index contributed by atoms with van der Waals surface area (Å²) in [6, 6.07) is 9.73. The van der Waals surface area contributed by atoms with E-state index in [0.29, 0.717) is 27.7 Å². The van der Waals surface area contributed by atoms with Crippen LogP contribution in [0.1, 0.15) is 17.9 Å². The molecule has 1 fully saturated rings. The van der Waals surface area contributed by atoms with Gasteiger partial charge in [-0.1, -0.05) is 23.7 Å². The summed E-state index contributed by atoms with van der Waals surface area (Å²) in [4.78, 5) is 25.1. The highest BCUT2D eigenvalue weighted by Gasteiger charge is 2.37. The fraction of sp³-hybridized carbons (Fsp3) is 0.429. The van der Waals surface area contributed by atoms with Crippen molar-refractivity contribution < 1.29 is 54.8 Å². The molecule has 1 aromatic heterocycles. The average molecular weight is 612 g/mol. The zero-order valence-corrected chi connectivity index (χ0v) is 23.5. The van der Waals surface area contributed by atoms with Crippen molar-refractivity contribution in [3.8, 4) is 22.8 Å². The summed E-state index contributed by atoms with van der Waals surface area (Å²) in [5, 5.41) is 72.8. The number of rotatable bonds is 9. The minimum atomic E-state index is -2.20. The van der Waals surface area contributed by atoms with Gasteiger partial charge in [0.05, 0.1) is 25.3 Å². The number of carboxylic acid groups (broad SMARTS) is 1. The molecule has 4 rings (SSSR count). The van der Waals surface area contributed by atoms with Crippen LogP contribution in [-0.4, -0.2) is 116 Å². The van der Waals surface area contributed by atoms with Gasteiger partial charge in [0.15, 0.2) is 11.5 Å². The van der Waals surface area contributed by atoms with Gasteiger partial charge in [0.2, 0.25) is 0 Å². The molecule has 6 atom stereocenters. The molecule has 13 nitrogen and oxygen atoms in total. The molecular formula is C28H34ClNO12. The third-order valence-electron chi connectivity index (χ3n) is 7.23. The van der Waals surface area contributed by atoms with Crippen LogP contribution in [0.3, 0.4) is 0 Å². The van der Waals surface area contributed by atoms with Crippen LogP contribution in [0.5, 0.6) is 11.5 Å². The average Bonchev–Trinajstić information content (AvgIpc) is 3.34. The first kappa shape index (κ1) is 33.2. The number of likely N-dealkylation sites (N-methyl/N-ethyl adjacent to an activating group) is 1. The lowest BCUT2D eigenvalue weighted by molar-refractivity contribution is -0.164. The fourth-order valence-corrected chi connectivity index (χ4v) is 5.13. The molecule has 0 aliphatic carbocycles. The van der Waals surface area contributed by atoms with Crippen molar-refractivity contribution >= 4 is 28.5 Å². The van der Waals surface area contributed by atoms with Gasteiger partial charge in [0, 0.05) is 35.2 Å². The maximum absolute atomic E-state index is 12.9. The van der Waals surface area contributed by atoms with Gasteiger partial charge in [-0.15, -0.1) is 0 Å². The van der Waals surface area contributed by atoms with Crippen LogP contribution in [0.2, 0.25) is 5.02 Å². The van der Waals surface area contributed by atoms with E-state index < -0.39 is 37.0 Å². The third-order valence-corrected chi connectivity index (χ3v) is 7.56. The van der Waals surface area contributed by atoms with Crippen molar-refractivity contribution in [1.29, 1.82) is 0 Å². The van der Waals surface area contributed by atoms with E-state index >= 15 is 0 Å². The number of phenolic OH excluding ortho intramolecular Hbond substituents is 1. The summed E-state index contributed by atoms with van der Waals surface area (Å²) < 4.78 is 11.7. The van der Waals surface area contributed by atoms with E-state index in [2.05, 4.69) is 4.90 Å². The number of phenols is 1. The van der Waals surface area contributed by atoms with Gasteiger partial charge >= 0.3 is 5.97 Å². The zero-order chi connectivity index (χ0) is 31.3. The van der Waals surface area contributed by atoms with Gasteiger partial charge in [0.1, 0.15) is 46.5 Å². The molecule has 1 saturated heterocycles. The highest BCUT2D eigenvalue weighted by molar-refractivity contribution is 6.33. The van der Waals surface area contributed by atoms with Gasteiger partial charge < -0.3 is 54.9 Å². The number of aliphatic hydroxyl groups is 6. The Hall–Kier alpha value is -3.27. The number of methoxy groups -OCH3 is 1. The number of aromatic hydroxyl groups is 1. The predicted octanol–water partition coefficient (Wildman–Crippen LogP) is 0.114. The van der Waals surface area contributed by atoms with Crippen molar-refractivity contribution in [3.63, 3.8) is 0 Å². The number of benzene rings is 2. The fourth-order valence-electron chi connectivity index (χ4n) is 4.91. The van der Waals surface area contributed by atoms with Crippen molar-refractivity contribution in [3.05, 3.63) is 57.2 Å². The lowest BCUT2D eigenvalue weighted by Crippen LogP contribution is -2.48. The van der Waals surface area contributed by atoms with E-state index in [-0.39, 0.29) is 40.7 Å². The lowest BCUT2D eigenvalue weighted by Gasteiger charge is -2.25. The molecule has 2 heterocycles. The second kappa shape index (κ2) is 14.3. The standard InChI is InChI=1S/C22H22ClNO5.C6H12O7/c1-24-8-7-13(15(24)11-25)20-19(28-2)10-17(27)21-16(26)9-18(29-22(20)21)12-5-3-4-6-14(12)23;7-1-2(8)3(9)4(10)5(11)6(12)13/h3-6,9-10,13,15,25,27H,7-8,11H2,1-2H3;2-5,7-11H,1H2,(H,12,13)/t;2-,3-,4+,5-/m.1/s1. The largest absolute Gasteiger partial charge is 0.507 e. The number of hydrogen-bond donors (Lipinski definition) is 8. The van der Waals surface area contributed by atoms with E-state index in [9.17, 15) is 19.8 Å². The van der Waals surface area contributed by atoms with Crippen molar-refractivity contribution in [2.75, 3.05) is 33.9 Å². The summed E-state index contributed by atoms with van der Waals surface area (Å²) in [7, 11) is 3.45. The number of fused-ring (bicyclic) bond motifs is 1. The molecular weight excluding hydrogens is 578 g/mol. The van der Waals surface area contributed by atoms with Crippen molar-refractivity contribution in [2.24, 2.45) is 0 Å². The van der Waals surface area contributed by atoms with Gasteiger partial charge in [-0.05, 0) is 32.1 Å². The molecule has 0 bridgehead atoms. The predicted molar refractivity (Wildman–Crippen MR) is 151 cm³/mol. The number of aliphatic carboxylic acids is 1. The SMILES string of the molecule is COc1cc(O)c2c(=O)cc(-c3ccccc3Cl)oc2c1C1CCN(C)C1CO.O=C(O)[C@H](O)[C@@H](O)[C@H](O)[C@H](O)CO. The summed E-state index contributed by atoms with van der Waals surface area (Å²) in [6.07, 6.45) is -7.08. The van der Waals surface area contributed by atoms with Crippen LogP contribution in [0.4, 0.5) is 0 Å². The van der Waals surface area contributed by atoms with Gasteiger partial charge in [0.25, 0.3) is 0 Å². The maximum Gasteiger partial charge on any atom is 0.335 e. The molecule has 1 aliphatic rings. The highest BCUT2D eigenvalue weighted by Crippen LogP contribution is 2.45. The van der Waals surface area contributed by atoms with Crippen LogP contribution in [0, 0.1) is 0 Å². The van der Waals surface area contributed by atoms with E-state index in [4.69, 9.17) is 51.4 Å². The van der Waals surface area contributed by atoms with E-state index in [0.717, 1.165) is 13.0 Å². The van der Waals surface area contributed by atoms with Crippen LogP contribution in [-0.2, 0) is 4.79 Å². The Labute approximate surface area is 245 Å². The lowest BCUT2D eigenvalue weighted by atomic mass is 9.89. The van der Waals surface area contributed by atoms with Gasteiger partial charge in [-0.2, -0.15) is 0 Å². The van der Waals surface area contributed by atoms with Crippen molar-refractivity contribution in [2.45, 2.75) is 42.8 Å². The Kier molecular flexibility index (Phi) is 11.3. The molecule has 230 valence electrons. The Bertz CT molecular complexity index is 1450.